The summed E-state index contributed by atoms with van der Waals surface area (Å²) in [5.41, 5.74) is 1.20. The molecule has 1 aliphatic rings. The normalized spacial score (nSPS) is 15.6. The van der Waals surface area contributed by atoms with Gasteiger partial charge in [-0.25, -0.2) is 0 Å². The molecule has 114 valence electrons. The van der Waals surface area contributed by atoms with Crippen LogP contribution in [0.4, 0.5) is 5.69 Å². The SMILES string of the molecule is C=CCNC(=O)CN1CCN(c2ccc(OC)cc2)CC1. The number of hydrogen-bond donors (Lipinski definition) is 1. The lowest BCUT2D eigenvalue weighted by Gasteiger charge is -2.35. The molecule has 1 aliphatic heterocycles. The van der Waals surface area contributed by atoms with Gasteiger partial charge in [0, 0.05) is 38.4 Å². The van der Waals surface area contributed by atoms with Gasteiger partial charge in [0.15, 0.2) is 0 Å². The first kappa shape index (κ1) is 15.4. The van der Waals surface area contributed by atoms with E-state index in [-0.39, 0.29) is 5.91 Å². The third-order valence-electron chi connectivity index (χ3n) is 3.62. The van der Waals surface area contributed by atoms with Gasteiger partial charge in [-0.1, -0.05) is 6.08 Å². The van der Waals surface area contributed by atoms with Gasteiger partial charge in [-0.2, -0.15) is 0 Å². The van der Waals surface area contributed by atoms with Gasteiger partial charge in [-0.15, -0.1) is 6.58 Å². The second-order valence-electron chi connectivity index (χ2n) is 5.05. The summed E-state index contributed by atoms with van der Waals surface area (Å²) < 4.78 is 5.17. The fraction of sp³-hybridized carbons (Fsp3) is 0.438. The van der Waals surface area contributed by atoms with Gasteiger partial charge < -0.3 is 15.0 Å². The maximum absolute atomic E-state index is 11.7. The molecule has 0 aromatic heterocycles. The maximum atomic E-state index is 11.7. The molecule has 0 aliphatic carbocycles. The summed E-state index contributed by atoms with van der Waals surface area (Å²) in [5.74, 6) is 0.934. The number of piperazine rings is 1. The Balaban J connectivity index is 1.79. The van der Waals surface area contributed by atoms with E-state index in [0.717, 1.165) is 31.9 Å². The molecule has 21 heavy (non-hydrogen) atoms. The van der Waals surface area contributed by atoms with Crippen molar-refractivity contribution in [2.75, 3.05) is 51.3 Å². The highest BCUT2D eigenvalue weighted by atomic mass is 16.5. The van der Waals surface area contributed by atoms with Crippen LogP contribution in [0.1, 0.15) is 0 Å². The highest BCUT2D eigenvalue weighted by molar-refractivity contribution is 5.78. The Labute approximate surface area is 126 Å². The largest absolute Gasteiger partial charge is 0.497 e. The second-order valence-corrected chi connectivity index (χ2v) is 5.05. The van der Waals surface area contributed by atoms with Gasteiger partial charge in [0.1, 0.15) is 5.75 Å². The molecule has 5 heteroatoms. The van der Waals surface area contributed by atoms with Gasteiger partial charge in [0.25, 0.3) is 0 Å². The number of hydrogen-bond acceptors (Lipinski definition) is 4. The standard InChI is InChI=1S/C16H23N3O2/c1-3-8-17-16(20)13-18-9-11-19(12-10-18)14-4-6-15(21-2)7-5-14/h3-7H,1,8-13H2,2H3,(H,17,20). The van der Waals surface area contributed by atoms with Gasteiger partial charge in [-0.05, 0) is 24.3 Å². The predicted molar refractivity (Wildman–Crippen MR) is 84.9 cm³/mol. The van der Waals surface area contributed by atoms with Crippen molar-refractivity contribution < 1.29 is 9.53 Å². The molecule has 1 aromatic rings. The number of anilines is 1. The van der Waals surface area contributed by atoms with E-state index >= 15 is 0 Å². The molecule has 0 radical (unpaired) electrons. The van der Waals surface area contributed by atoms with Crippen LogP contribution in [-0.2, 0) is 4.79 Å². The summed E-state index contributed by atoms with van der Waals surface area (Å²) >= 11 is 0. The van der Waals surface area contributed by atoms with Crippen LogP contribution >= 0.6 is 0 Å². The Bertz CT molecular complexity index is 465. The Morgan fingerprint density at radius 3 is 2.52 bits per heavy atom. The highest BCUT2D eigenvalue weighted by Gasteiger charge is 2.18. The molecule has 1 saturated heterocycles. The zero-order chi connectivity index (χ0) is 15.1. The van der Waals surface area contributed by atoms with Crippen LogP contribution in [0.3, 0.4) is 0 Å². The average Bonchev–Trinajstić information content (AvgIpc) is 2.54. The number of rotatable bonds is 6. The van der Waals surface area contributed by atoms with Gasteiger partial charge in [0.05, 0.1) is 13.7 Å². The quantitative estimate of drug-likeness (QED) is 0.797. The van der Waals surface area contributed by atoms with Crippen molar-refractivity contribution in [3.63, 3.8) is 0 Å². The zero-order valence-corrected chi connectivity index (χ0v) is 12.5. The molecule has 1 aromatic carbocycles. The molecular weight excluding hydrogens is 266 g/mol. The van der Waals surface area contributed by atoms with E-state index in [1.54, 1.807) is 13.2 Å². The Morgan fingerprint density at radius 1 is 1.29 bits per heavy atom. The Morgan fingerprint density at radius 2 is 1.95 bits per heavy atom. The van der Waals surface area contributed by atoms with Gasteiger partial charge in [-0.3, -0.25) is 9.69 Å². The summed E-state index contributed by atoms with van der Waals surface area (Å²) in [6, 6.07) is 8.10. The van der Waals surface area contributed by atoms with Crippen LogP contribution < -0.4 is 15.0 Å². The van der Waals surface area contributed by atoms with Crippen molar-refractivity contribution in [2.24, 2.45) is 0 Å². The van der Waals surface area contributed by atoms with E-state index in [4.69, 9.17) is 4.74 Å². The molecule has 1 fully saturated rings. The molecule has 0 saturated carbocycles. The summed E-state index contributed by atoms with van der Waals surface area (Å²) in [6.07, 6.45) is 1.69. The first-order valence-electron chi connectivity index (χ1n) is 7.22. The highest BCUT2D eigenvalue weighted by Crippen LogP contribution is 2.20. The predicted octanol–water partition coefficient (Wildman–Crippen LogP) is 1.12. The van der Waals surface area contributed by atoms with Crippen LogP contribution in [0.25, 0.3) is 0 Å². The van der Waals surface area contributed by atoms with Crippen molar-refractivity contribution in [3.8, 4) is 5.75 Å². The van der Waals surface area contributed by atoms with Crippen molar-refractivity contribution in [1.29, 1.82) is 0 Å². The molecule has 0 atom stereocenters. The van der Waals surface area contributed by atoms with Crippen LogP contribution in [0.15, 0.2) is 36.9 Å². The molecule has 0 unspecified atom stereocenters. The van der Waals surface area contributed by atoms with Crippen LogP contribution in [0.5, 0.6) is 5.75 Å². The van der Waals surface area contributed by atoms with Crippen LogP contribution in [-0.4, -0.2) is 57.2 Å². The molecule has 0 spiro atoms. The lowest BCUT2D eigenvalue weighted by molar-refractivity contribution is -0.122. The number of nitrogens with zero attached hydrogens (tertiary/aromatic N) is 2. The van der Waals surface area contributed by atoms with Crippen molar-refractivity contribution in [3.05, 3.63) is 36.9 Å². The third-order valence-corrected chi connectivity index (χ3v) is 3.62. The van der Waals surface area contributed by atoms with E-state index in [1.165, 1.54) is 5.69 Å². The molecular formula is C16H23N3O2. The van der Waals surface area contributed by atoms with E-state index in [9.17, 15) is 4.79 Å². The fourth-order valence-electron chi connectivity index (χ4n) is 2.40. The van der Waals surface area contributed by atoms with Gasteiger partial charge >= 0.3 is 0 Å². The number of methoxy groups -OCH3 is 1. The van der Waals surface area contributed by atoms with Crippen molar-refractivity contribution >= 4 is 11.6 Å². The van der Waals surface area contributed by atoms with E-state index in [2.05, 4.69) is 33.8 Å². The maximum Gasteiger partial charge on any atom is 0.234 e. The molecule has 2 rings (SSSR count). The van der Waals surface area contributed by atoms with E-state index < -0.39 is 0 Å². The minimum atomic E-state index is 0.0628. The van der Waals surface area contributed by atoms with E-state index in [1.807, 2.05) is 12.1 Å². The minimum absolute atomic E-state index is 0.0628. The number of amides is 1. The first-order chi connectivity index (χ1) is 10.2. The minimum Gasteiger partial charge on any atom is -0.497 e. The third kappa shape index (κ3) is 4.49. The molecule has 0 bridgehead atoms. The fourth-order valence-corrected chi connectivity index (χ4v) is 2.40. The Hall–Kier alpha value is -2.01. The number of ether oxygens (including phenoxy) is 1. The zero-order valence-electron chi connectivity index (χ0n) is 12.5. The summed E-state index contributed by atoms with van der Waals surface area (Å²) in [6.45, 7) is 8.24. The smallest absolute Gasteiger partial charge is 0.234 e. The number of carbonyl (C=O) groups is 1. The summed E-state index contributed by atoms with van der Waals surface area (Å²) in [7, 11) is 1.67. The van der Waals surface area contributed by atoms with Crippen molar-refractivity contribution in [1.82, 2.24) is 10.2 Å². The number of carbonyl (C=O) groups excluding carboxylic acids is 1. The van der Waals surface area contributed by atoms with Gasteiger partial charge in [0.2, 0.25) is 5.91 Å². The van der Waals surface area contributed by atoms with Crippen LogP contribution in [0.2, 0.25) is 0 Å². The Kier molecular flexibility index (Phi) is 5.63. The average molecular weight is 289 g/mol. The lowest BCUT2D eigenvalue weighted by atomic mass is 10.2. The lowest BCUT2D eigenvalue weighted by Crippen LogP contribution is -2.49. The molecule has 5 nitrogen and oxygen atoms in total. The monoisotopic (exact) mass is 289 g/mol. The first-order valence-corrected chi connectivity index (χ1v) is 7.22. The summed E-state index contributed by atoms with van der Waals surface area (Å²) in [5, 5.41) is 2.81. The molecule has 1 N–H and O–H groups in total. The second kappa shape index (κ2) is 7.69. The molecule has 1 heterocycles. The molecule has 1 amide bonds. The van der Waals surface area contributed by atoms with Crippen molar-refractivity contribution in [2.45, 2.75) is 0 Å². The number of benzene rings is 1. The van der Waals surface area contributed by atoms with E-state index in [0.29, 0.717) is 13.1 Å². The number of nitrogens with one attached hydrogen (secondary N) is 1. The summed E-state index contributed by atoms with van der Waals surface area (Å²) in [4.78, 5) is 16.2. The van der Waals surface area contributed by atoms with Crippen LogP contribution in [0, 0.1) is 0 Å². The topological polar surface area (TPSA) is 44.8 Å².